The maximum absolute atomic E-state index is 4.79. The van der Waals surface area contributed by atoms with E-state index in [4.69, 9.17) is 11.7 Å². The fourth-order valence-corrected chi connectivity index (χ4v) is 4.63. The summed E-state index contributed by atoms with van der Waals surface area (Å²) in [7, 11) is -0.597. The molecule has 1 aliphatic carbocycles. The van der Waals surface area contributed by atoms with E-state index in [0.29, 0.717) is 5.41 Å². The molecule has 1 rings (SSSR count). The second-order valence-electron chi connectivity index (χ2n) is 6.42. The molecule has 0 saturated heterocycles. The van der Waals surface area contributed by atoms with Crippen LogP contribution in [0.3, 0.4) is 0 Å². The van der Waals surface area contributed by atoms with Crippen LogP contribution in [0, 0.1) is 11.3 Å². The Hall–Kier alpha value is 0.700. The van der Waals surface area contributed by atoms with Gasteiger partial charge in [-0.1, -0.05) is 20.8 Å². The van der Waals surface area contributed by atoms with Gasteiger partial charge in [0, 0.05) is 0 Å². The van der Waals surface area contributed by atoms with E-state index >= 15 is 0 Å². The Balaban J connectivity index is 2.42. The number of thiol groups is 1. The van der Waals surface area contributed by atoms with Crippen LogP contribution in [0.2, 0.25) is 0 Å². The first-order valence-corrected chi connectivity index (χ1v) is 9.19. The van der Waals surface area contributed by atoms with Crippen molar-refractivity contribution in [2.24, 2.45) is 11.3 Å². The van der Waals surface area contributed by atoms with Crippen molar-refractivity contribution in [2.45, 2.75) is 51.7 Å². The van der Waals surface area contributed by atoms with E-state index in [1.54, 1.807) is 0 Å². The molecule has 0 nitrogen and oxygen atoms in total. The van der Waals surface area contributed by atoms with Crippen LogP contribution in [0.4, 0.5) is 0 Å². The standard InChI is InChI=1S/C12H26S2/c1-12(2,3)9-10-6-7-11(8-10)14(4,5)13/h10-11,13H,6-9H2,1-5H3. The normalized spacial score (nSPS) is 30.7. The minimum atomic E-state index is -0.597. The minimum Gasteiger partial charge on any atom is -0.198 e. The van der Waals surface area contributed by atoms with E-state index in [2.05, 4.69) is 33.3 Å². The number of rotatable bonds is 2. The Morgan fingerprint density at radius 1 is 1.21 bits per heavy atom. The van der Waals surface area contributed by atoms with Gasteiger partial charge in [0.15, 0.2) is 0 Å². The molecule has 14 heavy (non-hydrogen) atoms. The Labute approximate surface area is 96.4 Å². The van der Waals surface area contributed by atoms with Gasteiger partial charge in [-0.2, -0.15) is 9.06 Å². The minimum absolute atomic E-state index is 0.510. The lowest BCUT2D eigenvalue weighted by atomic mass is 9.84. The molecule has 0 amide bonds. The molecular formula is C12H26S2. The van der Waals surface area contributed by atoms with E-state index < -0.39 is 9.06 Å². The molecule has 0 aromatic rings. The highest BCUT2D eigenvalue weighted by Gasteiger charge is 2.32. The fraction of sp³-hybridized carbons (Fsp3) is 1.00. The van der Waals surface area contributed by atoms with Gasteiger partial charge in [0.25, 0.3) is 0 Å². The lowest BCUT2D eigenvalue weighted by Crippen LogP contribution is -2.13. The van der Waals surface area contributed by atoms with Crippen LogP contribution < -0.4 is 0 Å². The SMILES string of the molecule is CC(C)(C)CC1CCC(S(C)(C)S)C1. The molecule has 2 unspecified atom stereocenters. The van der Waals surface area contributed by atoms with Crippen LogP contribution in [0.15, 0.2) is 0 Å². The van der Waals surface area contributed by atoms with Crippen LogP contribution in [-0.2, 0) is 0 Å². The quantitative estimate of drug-likeness (QED) is 0.528. The summed E-state index contributed by atoms with van der Waals surface area (Å²) in [6.07, 6.45) is 10.4. The molecule has 0 radical (unpaired) electrons. The third kappa shape index (κ3) is 4.06. The summed E-state index contributed by atoms with van der Waals surface area (Å²) in [5, 5.41) is 0.915. The lowest BCUT2D eigenvalue weighted by molar-refractivity contribution is 0.297. The Morgan fingerprint density at radius 3 is 2.14 bits per heavy atom. The number of hydrogen-bond acceptors (Lipinski definition) is 1. The molecule has 2 heteroatoms. The van der Waals surface area contributed by atoms with Crippen molar-refractivity contribution in [3.8, 4) is 0 Å². The van der Waals surface area contributed by atoms with Crippen molar-refractivity contribution in [3.63, 3.8) is 0 Å². The highest BCUT2D eigenvalue weighted by Crippen LogP contribution is 2.57. The van der Waals surface area contributed by atoms with Crippen molar-refractivity contribution >= 4 is 20.7 Å². The molecule has 1 fully saturated rings. The van der Waals surface area contributed by atoms with Crippen LogP contribution in [0.25, 0.3) is 0 Å². The molecule has 1 aliphatic rings. The second-order valence-corrected chi connectivity index (χ2v) is 12.6. The molecule has 0 aromatic heterocycles. The summed E-state index contributed by atoms with van der Waals surface area (Å²) in [5.74, 6) is 0.971. The zero-order valence-electron chi connectivity index (χ0n) is 10.3. The van der Waals surface area contributed by atoms with Gasteiger partial charge in [-0.3, -0.25) is 0 Å². The third-order valence-corrected chi connectivity index (χ3v) is 6.16. The van der Waals surface area contributed by atoms with Crippen molar-refractivity contribution in [2.75, 3.05) is 12.5 Å². The summed E-state index contributed by atoms with van der Waals surface area (Å²) in [6.45, 7) is 7.08. The van der Waals surface area contributed by atoms with Gasteiger partial charge >= 0.3 is 0 Å². The predicted molar refractivity (Wildman–Crippen MR) is 73.6 cm³/mol. The van der Waals surface area contributed by atoms with E-state index in [0.717, 1.165) is 11.2 Å². The van der Waals surface area contributed by atoms with Crippen LogP contribution in [0.5, 0.6) is 0 Å². The first-order chi connectivity index (χ1) is 6.18. The molecule has 0 heterocycles. The van der Waals surface area contributed by atoms with Gasteiger partial charge in [0.2, 0.25) is 0 Å². The number of hydrogen-bond donors (Lipinski definition) is 1. The molecule has 0 N–H and O–H groups in total. The first kappa shape index (κ1) is 12.8. The summed E-state index contributed by atoms with van der Waals surface area (Å²) < 4.78 is 0. The Kier molecular flexibility index (Phi) is 3.91. The van der Waals surface area contributed by atoms with Gasteiger partial charge < -0.3 is 0 Å². The van der Waals surface area contributed by atoms with Crippen molar-refractivity contribution in [1.29, 1.82) is 0 Å². The first-order valence-electron chi connectivity index (χ1n) is 5.63. The smallest absolute Gasteiger partial charge is 0.00313 e. The van der Waals surface area contributed by atoms with Gasteiger partial charge in [0.05, 0.1) is 0 Å². The summed E-state index contributed by atoms with van der Waals surface area (Å²) in [4.78, 5) is 0. The average Bonchev–Trinajstić information content (AvgIpc) is 2.29. The molecule has 0 bridgehead atoms. The molecular weight excluding hydrogens is 208 g/mol. The van der Waals surface area contributed by atoms with Gasteiger partial charge in [-0.25, -0.2) is 0 Å². The summed E-state index contributed by atoms with van der Waals surface area (Å²) in [5.41, 5.74) is 0.510. The Bertz CT molecular complexity index is 185. The second kappa shape index (κ2) is 4.29. The van der Waals surface area contributed by atoms with Crippen molar-refractivity contribution in [1.82, 2.24) is 0 Å². The third-order valence-electron chi connectivity index (χ3n) is 3.21. The van der Waals surface area contributed by atoms with Gasteiger partial charge in [0.1, 0.15) is 0 Å². The van der Waals surface area contributed by atoms with E-state index in [9.17, 15) is 0 Å². The predicted octanol–water partition coefficient (Wildman–Crippen LogP) is 4.50. The Morgan fingerprint density at radius 2 is 1.79 bits per heavy atom. The topological polar surface area (TPSA) is 0 Å². The molecule has 86 valence electrons. The van der Waals surface area contributed by atoms with Gasteiger partial charge in [-0.05, 0) is 54.8 Å². The van der Waals surface area contributed by atoms with E-state index in [1.807, 2.05) is 0 Å². The molecule has 0 aromatic carbocycles. The zero-order valence-corrected chi connectivity index (χ0v) is 12.0. The van der Waals surface area contributed by atoms with Gasteiger partial charge in [-0.15, -0.1) is 11.7 Å². The highest BCUT2D eigenvalue weighted by molar-refractivity contribution is 8.87. The lowest BCUT2D eigenvalue weighted by Gasteiger charge is -2.32. The highest BCUT2D eigenvalue weighted by atomic mass is 33.1. The monoisotopic (exact) mass is 234 g/mol. The zero-order chi connectivity index (χ0) is 11.0. The molecule has 2 atom stereocenters. The fourth-order valence-electron chi connectivity index (χ4n) is 2.60. The van der Waals surface area contributed by atoms with E-state index in [1.165, 1.54) is 25.7 Å². The maximum atomic E-state index is 4.79. The van der Waals surface area contributed by atoms with E-state index in [-0.39, 0.29) is 0 Å². The summed E-state index contributed by atoms with van der Waals surface area (Å²) in [6, 6.07) is 0. The van der Waals surface area contributed by atoms with Crippen LogP contribution in [0.1, 0.15) is 46.5 Å². The van der Waals surface area contributed by atoms with Crippen molar-refractivity contribution < 1.29 is 0 Å². The summed E-state index contributed by atoms with van der Waals surface area (Å²) >= 11 is 4.79. The van der Waals surface area contributed by atoms with Crippen LogP contribution in [-0.4, -0.2) is 17.8 Å². The maximum Gasteiger partial charge on any atom is -0.00313 e. The van der Waals surface area contributed by atoms with Crippen LogP contribution >= 0.6 is 20.7 Å². The largest absolute Gasteiger partial charge is 0.198 e. The molecule has 0 spiro atoms. The average molecular weight is 234 g/mol. The van der Waals surface area contributed by atoms with Crippen molar-refractivity contribution in [3.05, 3.63) is 0 Å². The molecule has 0 aliphatic heterocycles. The molecule has 1 saturated carbocycles.